The van der Waals surface area contributed by atoms with Crippen molar-refractivity contribution >= 4 is 17.6 Å². The van der Waals surface area contributed by atoms with Crippen LogP contribution in [0.3, 0.4) is 0 Å². The van der Waals surface area contributed by atoms with E-state index in [9.17, 15) is 9.18 Å². The summed E-state index contributed by atoms with van der Waals surface area (Å²) < 4.78 is 19.1. The molecule has 0 N–H and O–H groups in total. The second-order valence-electron chi connectivity index (χ2n) is 5.02. The molecule has 0 heterocycles. The van der Waals surface area contributed by atoms with Crippen molar-refractivity contribution in [1.82, 2.24) is 0 Å². The molecule has 4 heteroatoms. The van der Waals surface area contributed by atoms with Gasteiger partial charge in [-0.3, -0.25) is 0 Å². The van der Waals surface area contributed by atoms with Gasteiger partial charge < -0.3 is 4.74 Å². The monoisotopic (exact) mass is 284 g/mol. The van der Waals surface area contributed by atoms with Crippen LogP contribution in [0.2, 0.25) is 5.02 Å². The topological polar surface area (TPSA) is 26.3 Å². The second-order valence-corrected chi connectivity index (χ2v) is 5.46. The summed E-state index contributed by atoms with van der Waals surface area (Å²) in [6, 6.07) is 3.93. The van der Waals surface area contributed by atoms with E-state index in [1.165, 1.54) is 24.6 Å². The molecule has 2 nitrogen and oxygen atoms in total. The van der Waals surface area contributed by atoms with Gasteiger partial charge in [-0.15, -0.1) is 0 Å². The second kappa shape index (κ2) is 6.38. The molecule has 0 spiro atoms. The van der Waals surface area contributed by atoms with Crippen LogP contribution in [0.15, 0.2) is 18.2 Å². The lowest BCUT2D eigenvalue weighted by Gasteiger charge is -2.30. The Kier molecular flexibility index (Phi) is 4.81. The van der Waals surface area contributed by atoms with Crippen molar-refractivity contribution in [1.29, 1.82) is 0 Å². The van der Waals surface area contributed by atoms with Crippen molar-refractivity contribution in [2.75, 3.05) is 0 Å². The van der Waals surface area contributed by atoms with Gasteiger partial charge in [-0.05, 0) is 49.8 Å². The molecule has 0 saturated heterocycles. The van der Waals surface area contributed by atoms with Gasteiger partial charge in [0.25, 0.3) is 0 Å². The van der Waals surface area contributed by atoms with Gasteiger partial charge in [-0.2, -0.15) is 0 Å². The molecule has 104 valence electrons. The minimum absolute atomic E-state index is 0.0760. The van der Waals surface area contributed by atoms with Crippen LogP contribution in [0.1, 0.15) is 49.4 Å². The number of ether oxygens (including phenoxy) is 1. The number of rotatable bonds is 3. The average Bonchev–Trinajstić information content (AvgIpc) is 2.42. The van der Waals surface area contributed by atoms with E-state index in [2.05, 4.69) is 6.92 Å². The summed E-state index contributed by atoms with van der Waals surface area (Å²) in [5.74, 6) is -0.802. The summed E-state index contributed by atoms with van der Waals surface area (Å²) in [5.41, 5.74) is -0.0760. The Morgan fingerprint density at radius 3 is 2.89 bits per heavy atom. The lowest BCUT2D eigenvalue weighted by Crippen LogP contribution is -2.30. The molecule has 2 atom stereocenters. The maximum absolute atomic E-state index is 13.6. The predicted octanol–water partition coefficient (Wildman–Crippen LogP) is 4.60. The average molecular weight is 285 g/mol. The number of benzene rings is 1. The zero-order valence-corrected chi connectivity index (χ0v) is 11.8. The first-order valence-corrected chi connectivity index (χ1v) is 7.15. The predicted molar refractivity (Wildman–Crippen MR) is 72.9 cm³/mol. The largest absolute Gasteiger partial charge is 0.458 e. The van der Waals surface area contributed by atoms with Gasteiger partial charge >= 0.3 is 5.97 Å². The van der Waals surface area contributed by atoms with Crippen molar-refractivity contribution in [2.24, 2.45) is 5.92 Å². The Morgan fingerprint density at radius 1 is 1.42 bits per heavy atom. The van der Waals surface area contributed by atoms with Gasteiger partial charge in [-0.25, -0.2) is 9.18 Å². The molecule has 0 amide bonds. The number of esters is 1. The van der Waals surface area contributed by atoms with Gasteiger partial charge in [0.15, 0.2) is 0 Å². The lowest BCUT2D eigenvalue weighted by atomic mass is 9.85. The molecule has 1 aromatic rings. The molecule has 0 aliphatic heterocycles. The van der Waals surface area contributed by atoms with Crippen LogP contribution in [0.5, 0.6) is 0 Å². The van der Waals surface area contributed by atoms with Crippen LogP contribution in [-0.2, 0) is 4.74 Å². The summed E-state index contributed by atoms with van der Waals surface area (Å²) >= 11 is 5.79. The number of halogens is 2. The third-order valence-electron chi connectivity index (χ3n) is 3.77. The van der Waals surface area contributed by atoms with Crippen molar-refractivity contribution in [3.8, 4) is 0 Å². The molecule has 2 rings (SSSR count). The van der Waals surface area contributed by atoms with Crippen LogP contribution in [0, 0.1) is 11.7 Å². The zero-order chi connectivity index (χ0) is 13.8. The molecule has 2 unspecified atom stereocenters. The normalized spacial score (nSPS) is 23.1. The number of carbonyl (C=O) groups is 1. The highest BCUT2D eigenvalue weighted by molar-refractivity contribution is 6.30. The van der Waals surface area contributed by atoms with Crippen LogP contribution in [0.4, 0.5) is 4.39 Å². The molecule has 1 aliphatic rings. The van der Waals surface area contributed by atoms with Crippen molar-refractivity contribution in [3.05, 3.63) is 34.6 Å². The van der Waals surface area contributed by atoms with Crippen LogP contribution < -0.4 is 0 Å². The fourth-order valence-corrected chi connectivity index (χ4v) is 2.82. The summed E-state index contributed by atoms with van der Waals surface area (Å²) in [6.07, 6.45) is 5.07. The van der Waals surface area contributed by atoms with Gasteiger partial charge in [0.1, 0.15) is 11.9 Å². The van der Waals surface area contributed by atoms with Gasteiger partial charge in [-0.1, -0.05) is 24.9 Å². The van der Waals surface area contributed by atoms with E-state index in [-0.39, 0.29) is 11.7 Å². The highest BCUT2D eigenvalue weighted by atomic mass is 35.5. The Hall–Kier alpha value is -1.09. The quantitative estimate of drug-likeness (QED) is 0.758. The van der Waals surface area contributed by atoms with Gasteiger partial charge in [0, 0.05) is 5.02 Å². The fourth-order valence-electron chi connectivity index (χ4n) is 2.65. The molecular formula is C15H18ClFO2. The highest BCUT2D eigenvalue weighted by Gasteiger charge is 2.28. The molecule has 19 heavy (non-hydrogen) atoms. The molecule has 1 saturated carbocycles. The highest BCUT2D eigenvalue weighted by Crippen LogP contribution is 2.30. The minimum Gasteiger partial charge on any atom is -0.458 e. The van der Waals surface area contributed by atoms with E-state index in [0.29, 0.717) is 10.9 Å². The van der Waals surface area contributed by atoms with Gasteiger partial charge in [0.05, 0.1) is 5.56 Å². The lowest BCUT2D eigenvalue weighted by molar-refractivity contribution is 0.000278. The van der Waals surface area contributed by atoms with Crippen molar-refractivity contribution in [3.63, 3.8) is 0 Å². The molecule has 0 aromatic heterocycles. The van der Waals surface area contributed by atoms with Crippen molar-refractivity contribution in [2.45, 2.75) is 45.1 Å². The summed E-state index contributed by atoms with van der Waals surface area (Å²) in [6.45, 7) is 2.09. The Labute approximate surface area is 117 Å². The number of hydrogen-bond donors (Lipinski definition) is 0. The van der Waals surface area contributed by atoms with E-state index in [1.54, 1.807) is 0 Å². The first-order valence-electron chi connectivity index (χ1n) is 6.78. The van der Waals surface area contributed by atoms with E-state index in [0.717, 1.165) is 25.7 Å². The Morgan fingerprint density at radius 2 is 2.16 bits per heavy atom. The van der Waals surface area contributed by atoms with E-state index in [4.69, 9.17) is 16.3 Å². The SMILES string of the molecule is CCC1CCCCC1OC(=O)c1cc(Cl)ccc1F. The van der Waals surface area contributed by atoms with Crippen LogP contribution in [-0.4, -0.2) is 12.1 Å². The molecule has 1 aliphatic carbocycles. The first kappa shape index (κ1) is 14.3. The fraction of sp³-hybridized carbons (Fsp3) is 0.533. The molecule has 1 fully saturated rings. The maximum atomic E-state index is 13.6. The summed E-state index contributed by atoms with van der Waals surface area (Å²) in [7, 11) is 0. The molecule has 0 bridgehead atoms. The first-order chi connectivity index (χ1) is 9.11. The number of carbonyl (C=O) groups excluding carboxylic acids is 1. The van der Waals surface area contributed by atoms with E-state index >= 15 is 0 Å². The molecular weight excluding hydrogens is 267 g/mol. The molecule has 0 radical (unpaired) electrons. The van der Waals surface area contributed by atoms with Gasteiger partial charge in [0.2, 0.25) is 0 Å². The minimum atomic E-state index is -0.606. The van der Waals surface area contributed by atoms with E-state index < -0.39 is 11.8 Å². The van der Waals surface area contributed by atoms with Crippen LogP contribution in [0.25, 0.3) is 0 Å². The Balaban J connectivity index is 2.09. The van der Waals surface area contributed by atoms with Crippen LogP contribution >= 0.6 is 11.6 Å². The Bertz CT molecular complexity index is 461. The third kappa shape index (κ3) is 3.47. The smallest absolute Gasteiger partial charge is 0.341 e. The third-order valence-corrected chi connectivity index (χ3v) is 4.01. The summed E-state index contributed by atoms with van der Waals surface area (Å²) in [4.78, 5) is 12.0. The standard InChI is InChI=1S/C15H18ClFO2/c1-2-10-5-3-4-6-14(10)19-15(18)12-9-11(16)7-8-13(12)17/h7-10,14H,2-6H2,1H3. The van der Waals surface area contributed by atoms with E-state index in [1.807, 2.05) is 0 Å². The van der Waals surface area contributed by atoms with Crippen molar-refractivity contribution < 1.29 is 13.9 Å². The zero-order valence-electron chi connectivity index (χ0n) is 11.0. The number of hydrogen-bond acceptors (Lipinski definition) is 2. The molecule has 1 aromatic carbocycles. The maximum Gasteiger partial charge on any atom is 0.341 e. The summed E-state index contributed by atoms with van der Waals surface area (Å²) in [5, 5.41) is 0.337.